The lowest BCUT2D eigenvalue weighted by Gasteiger charge is -2.07. The molecule has 0 saturated carbocycles. The van der Waals surface area contributed by atoms with Gasteiger partial charge in [0.2, 0.25) is 0 Å². The fourth-order valence-corrected chi connectivity index (χ4v) is 2.98. The number of carbonyl (C=O) groups excluding carboxylic acids is 1. The van der Waals surface area contributed by atoms with E-state index in [2.05, 4.69) is 25.6 Å². The molecule has 0 bridgehead atoms. The first-order valence-corrected chi connectivity index (χ1v) is 8.97. The summed E-state index contributed by atoms with van der Waals surface area (Å²) in [4.78, 5) is 54.6. The number of hydrogen-bond acceptors (Lipinski definition) is 6. The van der Waals surface area contributed by atoms with Crippen molar-refractivity contribution in [3.05, 3.63) is 91.5 Å². The second-order valence-corrected chi connectivity index (χ2v) is 6.52. The minimum absolute atomic E-state index is 0.141. The predicted molar refractivity (Wildman–Crippen MR) is 111 cm³/mol. The Morgan fingerprint density at radius 2 is 1.77 bits per heavy atom. The minimum Gasteiger partial charge on any atom is -0.334 e. The van der Waals surface area contributed by atoms with Crippen molar-refractivity contribution in [1.82, 2.24) is 24.8 Å². The van der Waals surface area contributed by atoms with Crippen molar-refractivity contribution in [2.75, 3.05) is 5.32 Å². The van der Waals surface area contributed by atoms with Crippen molar-refractivity contribution >= 4 is 28.4 Å². The molecular weight excluding hydrogens is 406 g/mol. The number of aromatic nitrogens is 4. The Hall–Kier alpha value is -4.74. The number of nitro benzene ring substituents is 1. The molecule has 4 aromatic rings. The number of nitrogens with zero attached hydrogens (tertiary/aromatic N) is 3. The molecule has 4 rings (SSSR count). The largest absolute Gasteiger partial charge is 0.334 e. The Bertz CT molecular complexity index is 1400. The molecule has 3 aromatic heterocycles. The summed E-state index contributed by atoms with van der Waals surface area (Å²) in [5.74, 6) is 0. The van der Waals surface area contributed by atoms with Crippen LogP contribution in [0.2, 0.25) is 0 Å². The number of benzene rings is 1. The zero-order chi connectivity index (χ0) is 22.0. The number of amides is 2. The average Bonchev–Trinajstić information content (AvgIpc) is 3.22. The van der Waals surface area contributed by atoms with Crippen LogP contribution in [0.5, 0.6) is 0 Å². The molecule has 3 heterocycles. The van der Waals surface area contributed by atoms with E-state index >= 15 is 0 Å². The molecule has 12 nitrogen and oxygen atoms in total. The molecule has 31 heavy (non-hydrogen) atoms. The molecule has 0 aliphatic rings. The second kappa shape index (κ2) is 7.94. The molecular formula is C19H15N7O5. The minimum atomic E-state index is -0.895. The zero-order valence-electron chi connectivity index (χ0n) is 15.8. The lowest BCUT2D eigenvalue weighted by molar-refractivity contribution is -0.384. The molecule has 0 radical (unpaired) electrons. The van der Waals surface area contributed by atoms with Crippen LogP contribution in [-0.4, -0.2) is 30.5 Å². The van der Waals surface area contributed by atoms with Crippen LogP contribution in [0.15, 0.2) is 64.7 Å². The van der Waals surface area contributed by atoms with Gasteiger partial charge in [-0.05, 0) is 29.8 Å². The van der Waals surface area contributed by atoms with Gasteiger partial charge in [-0.3, -0.25) is 24.7 Å². The molecule has 12 heteroatoms. The van der Waals surface area contributed by atoms with Gasteiger partial charge in [0, 0.05) is 43.1 Å². The van der Waals surface area contributed by atoms with Crippen molar-refractivity contribution in [3.63, 3.8) is 0 Å². The number of aromatic amines is 2. The Balaban J connectivity index is 1.58. The molecule has 0 saturated heterocycles. The number of pyridine rings is 1. The molecule has 0 atom stereocenters. The number of rotatable bonds is 5. The summed E-state index contributed by atoms with van der Waals surface area (Å²) in [6.07, 6.45) is 6.31. The van der Waals surface area contributed by atoms with Crippen molar-refractivity contribution in [3.8, 4) is 5.69 Å². The van der Waals surface area contributed by atoms with Crippen molar-refractivity contribution < 1.29 is 9.72 Å². The van der Waals surface area contributed by atoms with Crippen molar-refractivity contribution in [1.29, 1.82) is 0 Å². The summed E-state index contributed by atoms with van der Waals surface area (Å²) >= 11 is 0. The van der Waals surface area contributed by atoms with Gasteiger partial charge in [0.15, 0.2) is 0 Å². The van der Waals surface area contributed by atoms with Crippen LogP contribution in [0.3, 0.4) is 0 Å². The maximum atomic E-state index is 12.0. The third-order valence-corrected chi connectivity index (χ3v) is 4.44. The molecule has 0 aliphatic heterocycles. The van der Waals surface area contributed by atoms with Gasteiger partial charge in [-0.1, -0.05) is 0 Å². The van der Waals surface area contributed by atoms with E-state index in [1.165, 1.54) is 16.7 Å². The highest BCUT2D eigenvalue weighted by Gasteiger charge is 2.18. The highest BCUT2D eigenvalue weighted by atomic mass is 16.6. The van der Waals surface area contributed by atoms with E-state index in [0.29, 0.717) is 11.3 Å². The zero-order valence-corrected chi connectivity index (χ0v) is 15.8. The topological polar surface area (TPSA) is 168 Å². The highest BCUT2D eigenvalue weighted by Crippen LogP contribution is 2.27. The third kappa shape index (κ3) is 4.17. The molecule has 0 aliphatic carbocycles. The van der Waals surface area contributed by atoms with Crippen LogP contribution in [0.1, 0.15) is 5.56 Å². The molecule has 156 valence electrons. The number of H-pyrrole nitrogens is 2. The fraction of sp³-hybridized carbons (Fsp3) is 0.0526. The summed E-state index contributed by atoms with van der Waals surface area (Å²) in [6.45, 7) is 0.176. The van der Waals surface area contributed by atoms with Crippen LogP contribution in [-0.2, 0) is 6.54 Å². The van der Waals surface area contributed by atoms with Gasteiger partial charge in [0.1, 0.15) is 5.69 Å². The van der Waals surface area contributed by atoms with Crippen molar-refractivity contribution in [2.45, 2.75) is 6.54 Å². The normalized spacial score (nSPS) is 10.7. The molecule has 0 fully saturated rings. The van der Waals surface area contributed by atoms with E-state index in [-0.39, 0.29) is 29.0 Å². The van der Waals surface area contributed by atoms with Gasteiger partial charge in [-0.15, -0.1) is 0 Å². The van der Waals surface area contributed by atoms with Crippen LogP contribution < -0.4 is 21.8 Å². The van der Waals surface area contributed by atoms with E-state index in [1.807, 2.05) is 0 Å². The van der Waals surface area contributed by atoms with Gasteiger partial charge in [-0.2, -0.15) is 0 Å². The summed E-state index contributed by atoms with van der Waals surface area (Å²) in [6, 6.07) is 7.15. The SMILES string of the molecule is O=C(NCc1ccn(-c2cc3[nH]c(=O)c(=O)[nH]c3cc2[N+](=O)[O-])c1)Nc1ccncc1. The number of anilines is 1. The summed E-state index contributed by atoms with van der Waals surface area (Å²) in [5, 5.41) is 16.9. The van der Waals surface area contributed by atoms with Gasteiger partial charge >= 0.3 is 17.1 Å². The fourth-order valence-electron chi connectivity index (χ4n) is 2.98. The number of fused-ring (bicyclic) bond motifs is 1. The third-order valence-electron chi connectivity index (χ3n) is 4.44. The maximum Gasteiger partial charge on any atom is 0.319 e. The Morgan fingerprint density at radius 1 is 1.10 bits per heavy atom. The lowest BCUT2D eigenvalue weighted by atomic mass is 10.2. The molecule has 2 amide bonds. The first kappa shape index (κ1) is 19.6. The number of carbonyl (C=O) groups is 1. The van der Waals surface area contributed by atoms with Crippen LogP contribution in [0, 0.1) is 10.1 Å². The van der Waals surface area contributed by atoms with Crippen LogP contribution in [0.4, 0.5) is 16.2 Å². The summed E-state index contributed by atoms with van der Waals surface area (Å²) in [5.41, 5.74) is -0.164. The Labute approximate surface area is 172 Å². The smallest absolute Gasteiger partial charge is 0.319 e. The summed E-state index contributed by atoms with van der Waals surface area (Å²) < 4.78 is 1.50. The summed E-state index contributed by atoms with van der Waals surface area (Å²) in [7, 11) is 0. The number of hydrogen-bond donors (Lipinski definition) is 4. The van der Waals surface area contributed by atoms with Crippen molar-refractivity contribution in [2.24, 2.45) is 0 Å². The second-order valence-electron chi connectivity index (χ2n) is 6.52. The van der Waals surface area contributed by atoms with Gasteiger partial charge in [0.25, 0.3) is 5.69 Å². The molecule has 4 N–H and O–H groups in total. The van der Waals surface area contributed by atoms with E-state index in [4.69, 9.17) is 0 Å². The van der Waals surface area contributed by atoms with E-state index in [1.54, 1.807) is 43.0 Å². The first-order chi connectivity index (χ1) is 14.9. The highest BCUT2D eigenvalue weighted by molar-refractivity contribution is 5.89. The quantitative estimate of drug-likeness (QED) is 0.217. The maximum absolute atomic E-state index is 12.0. The first-order valence-electron chi connectivity index (χ1n) is 8.97. The molecule has 1 aromatic carbocycles. The monoisotopic (exact) mass is 421 g/mol. The average molecular weight is 421 g/mol. The number of nitro groups is 1. The van der Waals surface area contributed by atoms with Crippen LogP contribution >= 0.6 is 0 Å². The Kier molecular flexibility index (Phi) is 5.02. The number of urea groups is 1. The Morgan fingerprint density at radius 3 is 2.45 bits per heavy atom. The standard InChI is InChI=1S/C19H15N7O5/c27-17-18(28)24-14-8-16(26(30)31)15(7-13(14)23-17)25-6-3-11(10-25)9-21-19(29)22-12-1-4-20-5-2-12/h1-8,10H,9H2,(H,23,27)(H,24,28)(H2,20,21,22,29). The number of nitrogens with one attached hydrogen (secondary N) is 4. The van der Waals surface area contributed by atoms with Crippen LogP contribution in [0.25, 0.3) is 16.7 Å². The van der Waals surface area contributed by atoms with E-state index < -0.39 is 22.1 Å². The van der Waals surface area contributed by atoms with Gasteiger partial charge < -0.3 is 25.2 Å². The predicted octanol–water partition coefficient (Wildman–Crippen LogP) is 1.63. The lowest BCUT2D eigenvalue weighted by Crippen LogP contribution is -2.29. The molecule has 0 spiro atoms. The van der Waals surface area contributed by atoms with E-state index in [0.717, 1.165) is 0 Å². The molecule has 0 unspecified atom stereocenters. The van der Waals surface area contributed by atoms with E-state index in [9.17, 15) is 24.5 Å². The van der Waals surface area contributed by atoms with Gasteiger partial charge in [0.05, 0.1) is 16.0 Å². The van der Waals surface area contributed by atoms with Gasteiger partial charge in [-0.25, -0.2) is 4.79 Å².